The van der Waals surface area contributed by atoms with Gasteiger partial charge in [0.25, 0.3) is 5.91 Å². The van der Waals surface area contributed by atoms with E-state index < -0.39 is 29.9 Å². The van der Waals surface area contributed by atoms with E-state index in [9.17, 15) is 19.5 Å². The third-order valence-corrected chi connectivity index (χ3v) is 5.38. The highest BCUT2D eigenvalue weighted by molar-refractivity contribution is 6.10. The summed E-state index contributed by atoms with van der Waals surface area (Å²) in [6.45, 7) is 8.83. The number of fused-ring (bicyclic) bond motifs is 3. The maximum absolute atomic E-state index is 13.0. The van der Waals surface area contributed by atoms with Crippen LogP contribution in [0.2, 0.25) is 0 Å². The van der Waals surface area contributed by atoms with E-state index in [4.69, 9.17) is 0 Å². The Labute approximate surface area is 180 Å². The second-order valence-corrected chi connectivity index (χ2v) is 8.45. The van der Waals surface area contributed by atoms with Crippen molar-refractivity contribution in [1.82, 2.24) is 20.6 Å². The number of carboxylic acid groups (broad SMARTS) is 1. The first-order valence-electron chi connectivity index (χ1n) is 10.3. The van der Waals surface area contributed by atoms with Gasteiger partial charge in [-0.25, -0.2) is 9.78 Å². The lowest BCUT2D eigenvalue weighted by atomic mass is 10.00. The molecule has 8 heteroatoms. The summed E-state index contributed by atoms with van der Waals surface area (Å²) in [5.41, 5.74) is 2.69. The van der Waals surface area contributed by atoms with Gasteiger partial charge >= 0.3 is 5.97 Å². The number of benzene rings is 1. The smallest absolute Gasteiger partial charge is 0.326 e. The minimum absolute atomic E-state index is 0.201. The SMILES string of the molecule is Cc1nc(C(=O)NC(C(=O)NC(C(=O)O)C(C)C)C(C)C)cc2c1[nH]c1ccccc12. The fourth-order valence-corrected chi connectivity index (χ4v) is 3.63. The number of hydrogen-bond acceptors (Lipinski definition) is 4. The number of pyridine rings is 1. The average Bonchev–Trinajstić information content (AvgIpc) is 3.08. The number of nitrogens with one attached hydrogen (secondary N) is 3. The Morgan fingerprint density at radius 1 is 0.968 bits per heavy atom. The minimum atomic E-state index is -1.11. The van der Waals surface area contributed by atoms with E-state index in [1.807, 2.05) is 31.2 Å². The van der Waals surface area contributed by atoms with Gasteiger partial charge in [-0.3, -0.25) is 9.59 Å². The normalized spacial score (nSPS) is 13.5. The lowest BCUT2D eigenvalue weighted by Gasteiger charge is -2.25. The van der Waals surface area contributed by atoms with Crippen LogP contribution in [0.5, 0.6) is 0 Å². The van der Waals surface area contributed by atoms with E-state index >= 15 is 0 Å². The molecule has 2 heterocycles. The zero-order valence-corrected chi connectivity index (χ0v) is 18.3. The Balaban J connectivity index is 1.88. The highest BCUT2D eigenvalue weighted by atomic mass is 16.4. The molecule has 31 heavy (non-hydrogen) atoms. The molecule has 0 saturated heterocycles. The van der Waals surface area contributed by atoms with Gasteiger partial charge in [0, 0.05) is 16.3 Å². The Morgan fingerprint density at radius 3 is 2.23 bits per heavy atom. The summed E-state index contributed by atoms with van der Waals surface area (Å²) in [5, 5.41) is 16.5. The van der Waals surface area contributed by atoms with Crippen LogP contribution < -0.4 is 10.6 Å². The summed E-state index contributed by atoms with van der Waals surface area (Å²) < 4.78 is 0. The zero-order valence-electron chi connectivity index (χ0n) is 18.3. The number of aryl methyl sites for hydroxylation is 1. The van der Waals surface area contributed by atoms with Gasteiger partial charge < -0.3 is 20.7 Å². The zero-order chi connectivity index (χ0) is 22.9. The van der Waals surface area contributed by atoms with E-state index in [2.05, 4.69) is 20.6 Å². The Kier molecular flexibility index (Phi) is 6.29. The molecular formula is C23H28N4O4. The largest absolute Gasteiger partial charge is 0.480 e. The number of aromatic amines is 1. The van der Waals surface area contributed by atoms with Gasteiger partial charge in [-0.15, -0.1) is 0 Å². The average molecular weight is 425 g/mol. The maximum Gasteiger partial charge on any atom is 0.326 e. The Hall–Kier alpha value is -3.42. The van der Waals surface area contributed by atoms with E-state index in [-0.39, 0.29) is 17.5 Å². The molecule has 2 unspecified atom stereocenters. The molecule has 4 N–H and O–H groups in total. The molecule has 164 valence electrons. The predicted molar refractivity (Wildman–Crippen MR) is 119 cm³/mol. The quantitative estimate of drug-likeness (QED) is 0.464. The predicted octanol–water partition coefficient (Wildman–Crippen LogP) is 3.00. The molecule has 0 radical (unpaired) electrons. The second-order valence-electron chi connectivity index (χ2n) is 8.45. The molecule has 0 fully saturated rings. The third-order valence-electron chi connectivity index (χ3n) is 5.38. The molecule has 0 bridgehead atoms. The van der Waals surface area contributed by atoms with Gasteiger partial charge in [-0.1, -0.05) is 45.9 Å². The lowest BCUT2D eigenvalue weighted by molar-refractivity contribution is -0.143. The highest BCUT2D eigenvalue weighted by Gasteiger charge is 2.30. The molecule has 1 aromatic carbocycles. The van der Waals surface area contributed by atoms with Gasteiger partial charge in [0.15, 0.2) is 0 Å². The third kappa shape index (κ3) is 4.52. The molecule has 3 aromatic rings. The fraction of sp³-hybridized carbons (Fsp3) is 0.391. The lowest BCUT2D eigenvalue weighted by Crippen LogP contribution is -2.55. The van der Waals surface area contributed by atoms with Crippen molar-refractivity contribution in [3.63, 3.8) is 0 Å². The number of aliphatic carboxylic acids is 1. The summed E-state index contributed by atoms with van der Waals surface area (Å²) >= 11 is 0. The second kappa shape index (κ2) is 8.75. The number of carbonyl (C=O) groups excluding carboxylic acids is 2. The summed E-state index contributed by atoms with van der Waals surface area (Å²) in [6, 6.07) is 7.57. The van der Waals surface area contributed by atoms with Crippen LogP contribution >= 0.6 is 0 Å². The van der Waals surface area contributed by atoms with Crippen molar-refractivity contribution in [2.24, 2.45) is 11.8 Å². The van der Waals surface area contributed by atoms with Gasteiger partial charge in [-0.05, 0) is 30.9 Å². The van der Waals surface area contributed by atoms with Gasteiger partial charge in [-0.2, -0.15) is 0 Å². The molecule has 0 aliphatic rings. The van der Waals surface area contributed by atoms with Crippen molar-refractivity contribution in [2.45, 2.75) is 46.7 Å². The standard InChI is InChI=1S/C23H28N4O4/c1-11(2)18(22(29)27-19(12(3)4)23(30)31)26-21(28)17-10-15-14-8-6-7-9-16(14)25-20(15)13(5)24-17/h6-12,18-19,25H,1-5H3,(H,26,28)(H,27,29)(H,30,31). The molecule has 0 saturated carbocycles. The molecule has 0 spiro atoms. The molecular weight excluding hydrogens is 396 g/mol. The van der Waals surface area contributed by atoms with Crippen LogP contribution in [-0.2, 0) is 9.59 Å². The first kappa shape index (κ1) is 22.3. The number of aromatic nitrogens is 2. The highest BCUT2D eigenvalue weighted by Crippen LogP contribution is 2.27. The topological polar surface area (TPSA) is 124 Å². The van der Waals surface area contributed by atoms with E-state index in [1.54, 1.807) is 33.8 Å². The molecule has 3 rings (SSSR count). The van der Waals surface area contributed by atoms with Crippen LogP contribution in [-0.4, -0.2) is 44.9 Å². The van der Waals surface area contributed by atoms with Crippen molar-refractivity contribution in [1.29, 1.82) is 0 Å². The van der Waals surface area contributed by atoms with Crippen molar-refractivity contribution < 1.29 is 19.5 Å². The number of nitrogens with zero attached hydrogens (tertiary/aromatic N) is 1. The van der Waals surface area contributed by atoms with E-state index in [1.165, 1.54) is 0 Å². The van der Waals surface area contributed by atoms with E-state index in [0.717, 1.165) is 21.8 Å². The Bertz CT molecular complexity index is 1150. The number of carbonyl (C=O) groups is 3. The molecule has 0 aliphatic heterocycles. The van der Waals surface area contributed by atoms with Gasteiger partial charge in [0.1, 0.15) is 17.8 Å². The van der Waals surface area contributed by atoms with Crippen LogP contribution in [0.1, 0.15) is 43.9 Å². The summed E-state index contributed by atoms with van der Waals surface area (Å²) in [7, 11) is 0. The number of H-pyrrole nitrogens is 1. The van der Waals surface area contributed by atoms with Crippen molar-refractivity contribution in [3.05, 3.63) is 41.7 Å². The molecule has 2 atom stereocenters. The van der Waals surface area contributed by atoms with Crippen LogP contribution in [0.15, 0.2) is 30.3 Å². The van der Waals surface area contributed by atoms with Crippen LogP contribution in [0.25, 0.3) is 21.8 Å². The minimum Gasteiger partial charge on any atom is -0.480 e. The fourth-order valence-electron chi connectivity index (χ4n) is 3.63. The van der Waals surface area contributed by atoms with Crippen LogP contribution in [0, 0.1) is 18.8 Å². The van der Waals surface area contributed by atoms with Crippen LogP contribution in [0.3, 0.4) is 0 Å². The summed E-state index contributed by atoms with van der Waals surface area (Å²) in [5.74, 6) is -2.67. The number of rotatable bonds is 7. The number of amides is 2. The number of para-hydroxylation sites is 1. The van der Waals surface area contributed by atoms with Crippen molar-refractivity contribution >= 4 is 39.6 Å². The Morgan fingerprint density at radius 2 is 1.61 bits per heavy atom. The van der Waals surface area contributed by atoms with Gasteiger partial charge in [0.2, 0.25) is 5.91 Å². The maximum atomic E-state index is 13.0. The van der Waals surface area contributed by atoms with Crippen molar-refractivity contribution in [3.8, 4) is 0 Å². The first-order valence-corrected chi connectivity index (χ1v) is 10.3. The summed E-state index contributed by atoms with van der Waals surface area (Å²) in [4.78, 5) is 44.9. The molecule has 0 aliphatic carbocycles. The molecule has 2 aromatic heterocycles. The van der Waals surface area contributed by atoms with Gasteiger partial charge in [0.05, 0.1) is 11.2 Å². The number of hydrogen-bond donors (Lipinski definition) is 4. The number of carboxylic acids is 1. The monoisotopic (exact) mass is 424 g/mol. The van der Waals surface area contributed by atoms with Crippen LogP contribution in [0.4, 0.5) is 0 Å². The van der Waals surface area contributed by atoms with Crippen molar-refractivity contribution in [2.75, 3.05) is 0 Å². The molecule has 8 nitrogen and oxygen atoms in total. The van der Waals surface area contributed by atoms with E-state index in [0.29, 0.717) is 5.69 Å². The molecule has 2 amide bonds. The summed E-state index contributed by atoms with van der Waals surface area (Å²) in [6.07, 6.45) is 0. The first-order chi connectivity index (χ1) is 14.6.